The highest BCUT2D eigenvalue weighted by Crippen LogP contribution is 2.44. The first-order chi connectivity index (χ1) is 8.30. The lowest BCUT2D eigenvalue weighted by atomic mass is 9.74. The van der Waals surface area contributed by atoms with Crippen LogP contribution >= 0.6 is 0 Å². The Hall–Kier alpha value is -0.760. The standard InChI is InChI=1S/C15H25NO/c1-3-15(9-5-6-10-15)14(16-4-2)12-13-8-7-11-17-13/h7-8,11,14,16H,3-6,9-10,12H2,1-2H3. The van der Waals surface area contributed by atoms with E-state index in [2.05, 4.69) is 25.2 Å². The topological polar surface area (TPSA) is 25.2 Å². The third kappa shape index (κ3) is 2.74. The van der Waals surface area contributed by atoms with E-state index < -0.39 is 0 Å². The second kappa shape index (κ2) is 5.72. The lowest BCUT2D eigenvalue weighted by molar-refractivity contribution is 0.180. The summed E-state index contributed by atoms with van der Waals surface area (Å²) >= 11 is 0. The highest BCUT2D eigenvalue weighted by Gasteiger charge is 2.39. The minimum Gasteiger partial charge on any atom is -0.469 e. The van der Waals surface area contributed by atoms with E-state index in [9.17, 15) is 0 Å². The van der Waals surface area contributed by atoms with Crippen LogP contribution in [0.25, 0.3) is 0 Å². The third-order valence-electron chi connectivity index (χ3n) is 4.48. The number of furan rings is 1. The molecule has 0 spiro atoms. The van der Waals surface area contributed by atoms with E-state index in [4.69, 9.17) is 4.42 Å². The molecule has 0 saturated heterocycles. The first kappa shape index (κ1) is 12.7. The first-order valence-electron chi connectivity index (χ1n) is 7.06. The van der Waals surface area contributed by atoms with Crippen molar-refractivity contribution in [3.05, 3.63) is 24.2 Å². The zero-order chi connectivity index (χ0) is 12.1. The van der Waals surface area contributed by atoms with Gasteiger partial charge in [-0.15, -0.1) is 0 Å². The van der Waals surface area contributed by atoms with Crippen molar-refractivity contribution >= 4 is 0 Å². The molecule has 0 radical (unpaired) electrons. The Bertz CT molecular complexity index is 312. The van der Waals surface area contributed by atoms with Crippen molar-refractivity contribution in [2.24, 2.45) is 5.41 Å². The minimum absolute atomic E-state index is 0.503. The summed E-state index contributed by atoms with van der Waals surface area (Å²) in [6, 6.07) is 4.67. The Morgan fingerprint density at radius 2 is 2.12 bits per heavy atom. The molecule has 2 heteroatoms. The predicted octanol–water partition coefficient (Wildman–Crippen LogP) is 3.77. The van der Waals surface area contributed by atoms with Gasteiger partial charge in [-0.3, -0.25) is 0 Å². The van der Waals surface area contributed by atoms with Crippen molar-refractivity contribution in [2.45, 2.75) is 58.4 Å². The van der Waals surface area contributed by atoms with Crippen LogP contribution in [0.1, 0.15) is 51.7 Å². The Morgan fingerprint density at radius 1 is 1.35 bits per heavy atom. The average molecular weight is 235 g/mol. The maximum atomic E-state index is 5.52. The summed E-state index contributed by atoms with van der Waals surface area (Å²) in [5.41, 5.74) is 0.503. The molecule has 1 aliphatic rings. The van der Waals surface area contributed by atoms with Crippen molar-refractivity contribution in [1.82, 2.24) is 5.32 Å². The lowest BCUT2D eigenvalue weighted by Crippen LogP contribution is -2.45. The molecule has 1 atom stereocenters. The van der Waals surface area contributed by atoms with Crippen molar-refractivity contribution in [3.8, 4) is 0 Å². The van der Waals surface area contributed by atoms with Crippen LogP contribution in [0.2, 0.25) is 0 Å². The highest BCUT2D eigenvalue weighted by molar-refractivity contribution is 5.05. The fourth-order valence-corrected chi connectivity index (χ4v) is 3.41. The summed E-state index contributed by atoms with van der Waals surface area (Å²) in [5.74, 6) is 1.12. The molecule has 0 aromatic carbocycles. The van der Waals surface area contributed by atoms with E-state index in [1.807, 2.05) is 6.07 Å². The second-order valence-corrected chi connectivity index (χ2v) is 5.32. The molecule has 1 unspecified atom stereocenters. The van der Waals surface area contributed by atoms with E-state index in [-0.39, 0.29) is 0 Å². The van der Waals surface area contributed by atoms with Crippen LogP contribution in [0.3, 0.4) is 0 Å². The molecule has 1 aromatic heterocycles. The van der Waals surface area contributed by atoms with Gasteiger partial charge in [-0.1, -0.05) is 26.7 Å². The van der Waals surface area contributed by atoms with Crippen LogP contribution in [0.4, 0.5) is 0 Å². The van der Waals surface area contributed by atoms with Crippen LogP contribution in [0, 0.1) is 5.41 Å². The van der Waals surface area contributed by atoms with Gasteiger partial charge in [0.15, 0.2) is 0 Å². The molecule has 0 aliphatic heterocycles. The van der Waals surface area contributed by atoms with Gasteiger partial charge in [0.05, 0.1) is 6.26 Å². The van der Waals surface area contributed by atoms with Gasteiger partial charge in [0.25, 0.3) is 0 Å². The molecule has 1 aliphatic carbocycles. The summed E-state index contributed by atoms with van der Waals surface area (Å²) in [5, 5.41) is 3.69. The van der Waals surface area contributed by atoms with Gasteiger partial charge in [0.1, 0.15) is 5.76 Å². The molecule has 1 N–H and O–H groups in total. The molecule has 0 bridgehead atoms. The van der Waals surface area contributed by atoms with Crippen molar-refractivity contribution < 1.29 is 4.42 Å². The molecule has 0 amide bonds. The molecule has 1 fully saturated rings. The van der Waals surface area contributed by atoms with Gasteiger partial charge in [0.2, 0.25) is 0 Å². The summed E-state index contributed by atoms with van der Waals surface area (Å²) in [4.78, 5) is 0. The average Bonchev–Trinajstić information content (AvgIpc) is 3.00. The van der Waals surface area contributed by atoms with Gasteiger partial charge >= 0.3 is 0 Å². The Balaban J connectivity index is 2.09. The molecular weight excluding hydrogens is 210 g/mol. The maximum absolute atomic E-state index is 5.52. The first-order valence-corrected chi connectivity index (χ1v) is 7.06. The zero-order valence-corrected chi connectivity index (χ0v) is 11.2. The summed E-state index contributed by atoms with van der Waals surface area (Å²) in [6.45, 7) is 5.60. The normalized spacial score (nSPS) is 20.6. The zero-order valence-electron chi connectivity index (χ0n) is 11.2. The van der Waals surface area contributed by atoms with E-state index in [0.29, 0.717) is 11.5 Å². The van der Waals surface area contributed by atoms with E-state index in [1.165, 1.54) is 32.1 Å². The molecule has 1 saturated carbocycles. The van der Waals surface area contributed by atoms with Gasteiger partial charge in [-0.25, -0.2) is 0 Å². The van der Waals surface area contributed by atoms with Crippen molar-refractivity contribution in [3.63, 3.8) is 0 Å². The fourth-order valence-electron chi connectivity index (χ4n) is 3.41. The number of nitrogens with one attached hydrogen (secondary N) is 1. The van der Waals surface area contributed by atoms with Crippen LogP contribution in [0.15, 0.2) is 22.8 Å². The molecular formula is C15H25NO. The minimum atomic E-state index is 0.503. The highest BCUT2D eigenvalue weighted by atomic mass is 16.3. The van der Waals surface area contributed by atoms with Crippen LogP contribution in [-0.4, -0.2) is 12.6 Å². The quantitative estimate of drug-likeness (QED) is 0.812. The van der Waals surface area contributed by atoms with Crippen LogP contribution in [0.5, 0.6) is 0 Å². The molecule has 1 aromatic rings. The van der Waals surface area contributed by atoms with Crippen molar-refractivity contribution in [1.29, 1.82) is 0 Å². The van der Waals surface area contributed by atoms with Crippen LogP contribution in [-0.2, 0) is 6.42 Å². The summed E-state index contributed by atoms with van der Waals surface area (Å²) < 4.78 is 5.52. The summed E-state index contributed by atoms with van der Waals surface area (Å²) in [7, 11) is 0. The van der Waals surface area contributed by atoms with E-state index in [1.54, 1.807) is 6.26 Å². The number of hydrogen-bond acceptors (Lipinski definition) is 2. The predicted molar refractivity (Wildman–Crippen MR) is 71.1 cm³/mol. The van der Waals surface area contributed by atoms with Gasteiger partial charge < -0.3 is 9.73 Å². The third-order valence-corrected chi connectivity index (χ3v) is 4.48. The molecule has 2 nitrogen and oxygen atoms in total. The van der Waals surface area contributed by atoms with E-state index >= 15 is 0 Å². The number of rotatable bonds is 6. The second-order valence-electron chi connectivity index (χ2n) is 5.32. The SMILES string of the molecule is CCNC(Cc1ccco1)C1(CC)CCCC1. The Morgan fingerprint density at radius 3 is 2.65 bits per heavy atom. The largest absolute Gasteiger partial charge is 0.469 e. The van der Waals surface area contributed by atoms with Gasteiger partial charge in [-0.2, -0.15) is 0 Å². The molecule has 1 heterocycles. The molecule has 2 rings (SSSR count). The number of hydrogen-bond donors (Lipinski definition) is 1. The van der Waals surface area contributed by atoms with Gasteiger partial charge in [0, 0.05) is 12.5 Å². The Kier molecular flexibility index (Phi) is 4.27. The van der Waals surface area contributed by atoms with Crippen molar-refractivity contribution in [2.75, 3.05) is 6.54 Å². The fraction of sp³-hybridized carbons (Fsp3) is 0.733. The van der Waals surface area contributed by atoms with Gasteiger partial charge in [-0.05, 0) is 43.4 Å². The molecule has 96 valence electrons. The van der Waals surface area contributed by atoms with E-state index in [0.717, 1.165) is 18.7 Å². The molecule has 17 heavy (non-hydrogen) atoms. The lowest BCUT2D eigenvalue weighted by Gasteiger charge is -2.37. The monoisotopic (exact) mass is 235 g/mol. The maximum Gasteiger partial charge on any atom is 0.105 e. The van der Waals surface area contributed by atoms with Crippen LogP contribution < -0.4 is 5.32 Å². The Labute approximate surface area is 105 Å². The summed E-state index contributed by atoms with van der Waals surface area (Å²) in [6.07, 6.45) is 9.65. The smallest absolute Gasteiger partial charge is 0.105 e. The number of likely N-dealkylation sites (N-methyl/N-ethyl adjacent to an activating group) is 1.